The fourth-order valence-electron chi connectivity index (χ4n) is 2.44. The SMILES string of the molecule is Nc1nc2sccn2c1S(=O)(=O)NC1CCCS(=O)(=O)C1. The number of hydrogen-bond donors (Lipinski definition) is 2. The molecule has 2 aromatic rings. The molecular formula is C10H14N4O4S3. The van der Waals surface area contributed by atoms with Gasteiger partial charge < -0.3 is 5.73 Å². The van der Waals surface area contributed by atoms with E-state index in [1.165, 1.54) is 15.7 Å². The summed E-state index contributed by atoms with van der Waals surface area (Å²) in [6.07, 6.45) is 2.50. The normalized spacial score (nSPS) is 22.6. The minimum atomic E-state index is -3.93. The Bertz CT molecular complexity index is 881. The van der Waals surface area contributed by atoms with Crippen LogP contribution in [0.1, 0.15) is 12.8 Å². The highest BCUT2D eigenvalue weighted by atomic mass is 32.2. The summed E-state index contributed by atoms with van der Waals surface area (Å²) < 4.78 is 51.9. The standard InChI is InChI=1S/C10H14N4O4S3/c11-8-9(14-3-4-19-10(14)12-8)21(17,18)13-7-2-1-5-20(15,16)6-7/h3-4,7,13H,1-2,5-6,11H2. The van der Waals surface area contributed by atoms with Crippen molar-refractivity contribution in [1.82, 2.24) is 14.1 Å². The molecule has 0 bridgehead atoms. The van der Waals surface area contributed by atoms with Gasteiger partial charge in [0.1, 0.15) is 0 Å². The first-order valence-corrected chi connectivity index (χ1v) is 10.4. The monoisotopic (exact) mass is 350 g/mol. The first-order chi connectivity index (χ1) is 9.78. The van der Waals surface area contributed by atoms with E-state index in [0.717, 1.165) is 0 Å². The van der Waals surface area contributed by atoms with Crippen LogP contribution in [0.2, 0.25) is 0 Å². The third-order valence-electron chi connectivity index (χ3n) is 3.28. The average molecular weight is 350 g/mol. The van der Waals surface area contributed by atoms with Gasteiger partial charge in [0, 0.05) is 17.6 Å². The molecular weight excluding hydrogens is 336 g/mol. The van der Waals surface area contributed by atoms with Crippen LogP contribution >= 0.6 is 11.3 Å². The van der Waals surface area contributed by atoms with E-state index in [9.17, 15) is 16.8 Å². The lowest BCUT2D eigenvalue weighted by molar-refractivity contribution is 0.515. The van der Waals surface area contributed by atoms with Crippen LogP contribution in [0.4, 0.5) is 5.82 Å². The highest BCUT2D eigenvalue weighted by Crippen LogP contribution is 2.24. The van der Waals surface area contributed by atoms with E-state index in [0.29, 0.717) is 17.8 Å². The van der Waals surface area contributed by atoms with Crippen molar-refractivity contribution >= 4 is 42.0 Å². The summed E-state index contributed by atoms with van der Waals surface area (Å²) in [5.41, 5.74) is 5.68. The number of nitrogens with two attached hydrogens (primary N) is 1. The number of anilines is 1. The predicted octanol–water partition coefficient (Wildman–Crippen LogP) is -0.167. The molecule has 1 aliphatic heterocycles. The van der Waals surface area contributed by atoms with Gasteiger partial charge >= 0.3 is 0 Å². The molecule has 0 aliphatic carbocycles. The lowest BCUT2D eigenvalue weighted by Crippen LogP contribution is -2.43. The topological polar surface area (TPSA) is 124 Å². The first-order valence-electron chi connectivity index (χ1n) is 6.22. The number of sulfone groups is 1. The summed E-state index contributed by atoms with van der Waals surface area (Å²) >= 11 is 1.27. The molecule has 0 radical (unpaired) electrons. The minimum Gasteiger partial charge on any atom is -0.381 e. The average Bonchev–Trinajstić information content (AvgIpc) is 2.85. The third kappa shape index (κ3) is 2.78. The molecule has 3 rings (SSSR count). The van der Waals surface area contributed by atoms with Gasteiger partial charge in [0.25, 0.3) is 10.0 Å². The lowest BCUT2D eigenvalue weighted by atomic mass is 10.2. The second-order valence-corrected chi connectivity index (χ2v) is 9.66. The van der Waals surface area contributed by atoms with Gasteiger partial charge in [-0.3, -0.25) is 4.40 Å². The van der Waals surface area contributed by atoms with Crippen LogP contribution in [0.3, 0.4) is 0 Å². The van der Waals surface area contributed by atoms with Crippen LogP contribution in [0.25, 0.3) is 4.96 Å². The Morgan fingerprint density at radius 2 is 2.24 bits per heavy atom. The molecule has 0 aromatic carbocycles. The van der Waals surface area contributed by atoms with Crippen molar-refractivity contribution in [2.24, 2.45) is 0 Å². The van der Waals surface area contributed by atoms with Gasteiger partial charge in [0.2, 0.25) is 0 Å². The Balaban J connectivity index is 1.94. The van der Waals surface area contributed by atoms with Crippen LogP contribution in [-0.4, -0.2) is 43.8 Å². The fraction of sp³-hybridized carbons (Fsp3) is 0.500. The summed E-state index contributed by atoms with van der Waals surface area (Å²) in [7, 11) is -7.12. The fourth-order valence-corrected chi connectivity index (χ4v) is 6.44. The van der Waals surface area contributed by atoms with E-state index in [1.54, 1.807) is 11.6 Å². The number of imidazole rings is 1. The maximum absolute atomic E-state index is 12.5. The number of sulfonamides is 1. The highest BCUT2D eigenvalue weighted by Gasteiger charge is 2.31. The van der Waals surface area contributed by atoms with Crippen LogP contribution in [0.5, 0.6) is 0 Å². The Kier molecular flexibility index (Phi) is 3.47. The molecule has 3 heterocycles. The van der Waals surface area contributed by atoms with E-state index >= 15 is 0 Å². The van der Waals surface area contributed by atoms with E-state index < -0.39 is 25.9 Å². The number of nitrogens with zero attached hydrogens (tertiary/aromatic N) is 2. The van der Waals surface area contributed by atoms with Crippen molar-refractivity contribution in [2.45, 2.75) is 23.9 Å². The number of aromatic nitrogens is 2. The van der Waals surface area contributed by atoms with Gasteiger partial charge in [-0.25, -0.2) is 26.5 Å². The molecule has 1 atom stereocenters. The molecule has 8 nitrogen and oxygen atoms in total. The van der Waals surface area contributed by atoms with Crippen molar-refractivity contribution in [3.8, 4) is 0 Å². The molecule has 1 fully saturated rings. The summed E-state index contributed by atoms with van der Waals surface area (Å²) in [6.45, 7) is 0. The Hall–Kier alpha value is -1.17. The lowest BCUT2D eigenvalue weighted by Gasteiger charge is -2.22. The quantitative estimate of drug-likeness (QED) is 0.792. The van der Waals surface area contributed by atoms with Gasteiger partial charge in [-0.2, -0.15) is 0 Å². The zero-order valence-electron chi connectivity index (χ0n) is 10.9. The molecule has 3 N–H and O–H groups in total. The summed E-state index contributed by atoms with van der Waals surface area (Å²) in [5.74, 6) is -0.167. The molecule has 1 aliphatic rings. The van der Waals surface area contributed by atoms with Crippen LogP contribution in [0.15, 0.2) is 16.6 Å². The maximum atomic E-state index is 12.5. The van der Waals surface area contributed by atoms with Crippen LogP contribution in [0, 0.1) is 0 Å². The van der Waals surface area contributed by atoms with Gasteiger partial charge in [-0.15, -0.1) is 11.3 Å². The molecule has 1 saturated heterocycles. The predicted molar refractivity (Wildman–Crippen MR) is 79.5 cm³/mol. The minimum absolute atomic E-state index is 0.0898. The number of fused-ring (bicyclic) bond motifs is 1. The molecule has 0 spiro atoms. The summed E-state index contributed by atoms with van der Waals surface area (Å²) in [4.78, 5) is 4.46. The summed E-state index contributed by atoms with van der Waals surface area (Å²) in [5, 5.41) is 1.56. The number of thiazole rings is 1. The smallest absolute Gasteiger partial charge is 0.260 e. The second-order valence-electron chi connectivity index (χ2n) is 4.93. The Morgan fingerprint density at radius 1 is 1.48 bits per heavy atom. The number of rotatable bonds is 3. The van der Waals surface area contributed by atoms with Crippen molar-refractivity contribution in [1.29, 1.82) is 0 Å². The van der Waals surface area contributed by atoms with Crippen LogP contribution in [-0.2, 0) is 19.9 Å². The first kappa shape index (κ1) is 14.8. The van der Waals surface area contributed by atoms with E-state index in [4.69, 9.17) is 5.73 Å². The van der Waals surface area contributed by atoms with Gasteiger partial charge in [-0.1, -0.05) is 0 Å². The Morgan fingerprint density at radius 3 is 2.95 bits per heavy atom. The number of nitrogen functional groups attached to an aromatic ring is 1. The zero-order valence-corrected chi connectivity index (χ0v) is 13.3. The number of nitrogens with one attached hydrogen (secondary N) is 1. The Labute approximate surface area is 126 Å². The number of hydrogen-bond acceptors (Lipinski definition) is 7. The van der Waals surface area contributed by atoms with E-state index in [1.807, 2.05) is 0 Å². The largest absolute Gasteiger partial charge is 0.381 e. The van der Waals surface area contributed by atoms with Crippen molar-refractivity contribution in [2.75, 3.05) is 17.2 Å². The molecule has 1 unspecified atom stereocenters. The zero-order chi connectivity index (χ0) is 15.3. The molecule has 0 saturated carbocycles. The van der Waals surface area contributed by atoms with E-state index in [2.05, 4.69) is 9.71 Å². The van der Waals surface area contributed by atoms with Gasteiger partial charge in [0.05, 0.1) is 11.5 Å². The van der Waals surface area contributed by atoms with Crippen LogP contribution < -0.4 is 10.5 Å². The molecule has 21 heavy (non-hydrogen) atoms. The van der Waals surface area contributed by atoms with Gasteiger partial charge in [-0.05, 0) is 12.8 Å². The highest BCUT2D eigenvalue weighted by molar-refractivity contribution is 7.91. The van der Waals surface area contributed by atoms with E-state index in [-0.39, 0.29) is 22.3 Å². The molecule has 11 heteroatoms. The maximum Gasteiger partial charge on any atom is 0.260 e. The van der Waals surface area contributed by atoms with Gasteiger partial charge in [0.15, 0.2) is 25.6 Å². The van der Waals surface area contributed by atoms with Crippen molar-refractivity contribution in [3.63, 3.8) is 0 Å². The second kappa shape index (κ2) is 4.93. The molecule has 0 amide bonds. The third-order valence-corrected chi connectivity index (χ3v) is 7.42. The molecule has 2 aromatic heterocycles. The summed E-state index contributed by atoms with van der Waals surface area (Å²) in [6, 6.07) is -0.627. The van der Waals surface area contributed by atoms with Crippen molar-refractivity contribution in [3.05, 3.63) is 11.6 Å². The molecule has 116 valence electrons. The van der Waals surface area contributed by atoms with Crippen molar-refractivity contribution < 1.29 is 16.8 Å².